The molecule has 0 atom stereocenters. The molecule has 0 amide bonds. The molecule has 3 rings (SSSR count). The van der Waals surface area contributed by atoms with Crippen molar-refractivity contribution in [3.63, 3.8) is 0 Å². The van der Waals surface area contributed by atoms with E-state index in [2.05, 4.69) is 9.97 Å². The lowest BCUT2D eigenvalue weighted by molar-refractivity contribution is 0.627. The molecule has 3 nitrogen and oxygen atoms in total. The van der Waals surface area contributed by atoms with Crippen molar-refractivity contribution < 1.29 is 4.39 Å². The van der Waals surface area contributed by atoms with Crippen molar-refractivity contribution in [2.45, 2.75) is 12.8 Å². The second-order valence-electron chi connectivity index (χ2n) is 4.39. The van der Waals surface area contributed by atoms with Crippen molar-refractivity contribution >= 4 is 34.4 Å². The standard InChI is InChI=1S/C14H10Cl2FN3/c1-8-2-5-12-14(18-8)20(13(7-15)19-12)9-3-4-10(16)11(17)6-9/h2-6H,7H2,1H3. The van der Waals surface area contributed by atoms with Crippen molar-refractivity contribution in [3.05, 3.63) is 52.7 Å². The van der Waals surface area contributed by atoms with Gasteiger partial charge in [0.05, 0.1) is 16.6 Å². The summed E-state index contributed by atoms with van der Waals surface area (Å²) in [6, 6.07) is 8.32. The van der Waals surface area contributed by atoms with Gasteiger partial charge in [-0.25, -0.2) is 14.4 Å². The monoisotopic (exact) mass is 309 g/mol. The second kappa shape index (κ2) is 5.04. The molecule has 0 bridgehead atoms. The van der Waals surface area contributed by atoms with E-state index in [0.717, 1.165) is 11.2 Å². The summed E-state index contributed by atoms with van der Waals surface area (Å²) in [6.45, 7) is 1.89. The Hall–Kier alpha value is -1.65. The highest BCUT2D eigenvalue weighted by atomic mass is 35.5. The summed E-state index contributed by atoms with van der Waals surface area (Å²) in [5, 5.41) is 0.0785. The number of aryl methyl sites for hydroxylation is 1. The zero-order chi connectivity index (χ0) is 14.3. The highest BCUT2D eigenvalue weighted by molar-refractivity contribution is 6.30. The molecule has 0 saturated carbocycles. The number of imidazole rings is 1. The van der Waals surface area contributed by atoms with Gasteiger partial charge in [0.15, 0.2) is 5.65 Å². The predicted molar refractivity (Wildman–Crippen MR) is 78.1 cm³/mol. The number of benzene rings is 1. The lowest BCUT2D eigenvalue weighted by atomic mass is 10.3. The van der Waals surface area contributed by atoms with Gasteiger partial charge in [-0.05, 0) is 37.3 Å². The van der Waals surface area contributed by atoms with Crippen LogP contribution >= 0.6 is 23.2 Å². The van der Waals surface area contributed by atoms with Crippen LogP contribution in [-0.2, 0) is 5.88 Å². The van der Waals surface area contributed by atoms with E-state index in [0.29, 0.717) is 17.2 Å². The van der Waals surface area contributed by atoms with Gasteiger partial charge in [-0.1, -0.05) is 11.6 Å². The van der Waals surface area contributed by atoms with Crippen LogP contribution in [0.4, 0.5) is 4.39 Å². The second-order valence-corrected chi connectivity index (χ2v) is 5.07. The van der Waals surface area contributed by atoms with Crippen LogP contribution in [0, 0.1) is 12.7 Å². The first-order valence-corrected chi connectivity index (χ1v) is 6.88. The van der Waals surface area contributed by atoms with Crippen molar-refractivity contribution in [1.82, 2.24) is 14.5 Å². The molecule has 2 aromatic heterocycles. The van der Waals surface area contributed by atoms with E-state index in [9.17, 15) is 4.39 Å². The maximum absolute atomic E-state index is 13.7. The normalized spacial score (nSPS) is 11.2. The predicted octanol–water partition coefficient (Wildman–Crippen LogP) is 4.26. The van der Waals surface area contributed by atoms with Crippen molar-refractivity contribution in [2.24, 2.45) is 0 Å². The Kier molecular flexibility index (Phi) is 3.36. The quantitative estimate of drug-likeness (QED) is 0.662. The summed E-state index contributed by atoms with van der Waals surface area (Å²) in [7, 11) is 0. The Morgan fingerprint density at radius 2 is 2.00 bits per heavy atom. The Morgan fingerprint density at radius 1 is 1.20 bits per heavy atom. The average molecular weight is 310 g/mol. The zero-order valence-electron chi connectivity index (χ0n) is 10.6. The van der Waals surface area contributed by atoms with Crippen LogP contribution in [0.5, 0.6) is 0 Å². The number of alkyl halides is 1. The van der Waals surface area contributed by atoms with Gasteiger partial charge in [0, 0.05) is 5.69 Å². The third-order valence-electron chi connectivity index (χ3n) is 2.99. The van der Waals surface area contributed by atoms with E-state index in [1.54, 1.807) is 10.6 Å². The molecular formula is C14H10Cl2FN3. The summed E-state index contributed by atoms with van der Waals surface area (Å²) in [6.07, 6.45) is 0. The fourth-order valence-corrected chi connectivity index (χ4v) is 2.38. The van der Waals surface area contributed by atoms with Crippen LogP contribution in [0.15, 0.2) is 30.3 Å². The highest BCUT2D eigenvalue weighted by Crippen LogP contribution is 2.24. The van der Waals surface area contributed by atoms with Crippen LogP contribution in [0.2, 0.25) is 5.02 Å². The summed E-state index contributed by atoms with van der Waals surface area (Å²) >= 11 is 11.7. The Bertz CT molecular complexity index is 798. The molecule has 0 unspecified atom stereocenters. The number of nitrogens with zero attached hydrogens (tertiary/aromatic N) is 3. The first kappa shape index (κ1) is 13.3. The molecule has 0 aliphatic carbocycles. The molecule has 2 heterocycles. The first-order valence-electron chi connectivity index (χ1n) is 5.96. The number of fused-ring (bicyclic) bond motifs is 1. The fourth-order valence-electron chi connectivity index (χ4n) is 2.08. The van der Waals surface area contributed by atoms with Gasteiger partial charge in [0.1, 0.15) is 17.2 Å². The number of pyridine rings is 1. The molecular weight excluding hydrogens is 300 g/mol. The topological polar surface area (TPSA) is 30.7 Å². The summed E-state index contributed by atoms with van der Waals surface area (Å²) in [4.78, 5) is 8.87. The van der Waals surface area contributed by atoms with Gasteiger partial charge in [-0.2, -0.15) is 0 Å². The van der Waals surface area contributed by atoms with Gasteiger partial charge < -0.3 is 0 Å². The number of halogens is 3. The maximum Gasteiger partial charge on any atom is 0.164 e. The Labute approximate surface area is 125 Å². The number of hydrogen-bond donors (Lipinski definition) is 0. The minimum absolute atomic E-state index is 0.0785. The fraction of sp³-hybridized carbons (Fsp3) is 0.143. The lowest BCUT2D eigenvalue weighted by Crippen LogP contribution is -2.01. The van der Waals surface area contributed by atoms with Crippen LogP contribution in [0.25, 0.3) is 16.9 Å². The third kappa shape index (κ3) is 2.15. The van der Waals surface area contributed by atoms with Gasteiger partial charge in [0.2, 0.25) is 0 Å². The zero-order valence-corrected chi connectivity index (χ0v) is 12.1. The molecule has 0 fully saturated rings. The number of hydrogen-bond acceptors (Lipinski definition) is 2. The molecule has 0 radical (unpaired) electrons. The number of rotatable bonds is 2. The summed E-state index contributed by atoms with van der Waals surface area (Å²) in [5.74, 6) is 0.334. The first-order chi connectivity index (χ1) is 9.60. The molecule has 0 saturated heterocycles. The van der Waals surface area contributed by atoms with Gasteiger partial charge >= 0.3 is 0 Å². The highest BCUT2D eigenvalue weighted by Gasteiger charge is 2.14. The molecule has 3 aromatic rings. The summed E-state index contributed by atoms with van der Waals surface area (Å²) < 4.78 is 15.4. The average Bonchev–Trinajstić information content (AvgIpc) is 2.79. The van der Waals surface area contributed by atoms with E-state index >= 15 is 0 Å². The molecule has 0 spiro atoms. The van der Waals surface area contributed by atoms with Gasteiger partial charge in [0.25, 0.3) is 0 Å². The molecule has 1 aromatic carbocycles. The molecule has 0 N–H and O–H groups in total. The largest absolute Gasteiger partial charge is 0.280 e. The maximum atomic E-state index is 13.7. The van der Waals surface area contributed by atoms with Crippen molar-refractivity contribution in [3.8, 4) is 5.69 Å². The smallest absolute Gasteiger partial charge is 0.164 e. The molecule has 102 valence electrons. The number of aromatic nitrogens is 3. The van der Waals surface area contributed by atoms with E-state index in [4.69, 9.17) is 23.2 Å². The van der Waals surface area contributed by atoms with E-state index in [1.165, 1.54) is 12.1 Å². The molecule has 20 heavy (non-hydrogen) atoms. The third-order valence-corrected chi connectivity index (χ3v) is 3.54. The molecule has 0 aliphatic heterocycles. The van der Waals surface area contributed by atoms with E-state index in [-0.39, 0.29) is 10.9 Å². The van der Waals surface area contributed by atoms with Crippen molar-refractivity contribution in [1.29, 1.82) is 0 Å². The minimum Gasteiger partial charge on any atom is -0.280 e. The van der Waals surface area contributed by atoms with Crippen molar-refractivity contribution in [2.75, 3.05) is 0 Å². The lowest BCUT2D eigenvalue weighted by Gasteiger charge is -2.08. The van der Waals surface area contributed by atoms with Crippen LogP contribution < -0.4 is 0 Å². The summed E-state index contributed by atoms with van der Waals surface area (Å²) in [5.41, 5.74) is 2.83. The minimum atomic E-state index is -0.487. The van der Waals surface area contributed by atoms with Crippen LogP contribution in [0.1, 0.15) is 11.5 Å². The Morgan fingerprint density at radius 3 is 2.70 bits per heavy atom. The molecule has 6 heteroatoms. The molecule has 0 aliphatic rings. The van der Waals surface area contributed by atoms with Gasteiger partial charge in [-0.3, -0.25) is 4.57 Å². The Balaban J connectivity index is 2.32. The SMILES string of the molecule is Cc1ccc2nc(CCl)n(-c3ccc(Cl)c(F)c3)c2n1. The van der Waals surface area contributed by atoms with E-state index < -0.39 is 5.82 Å². The van der Waals surface area contributed by atoms with Crippen LogP contribution in [0.3, 0.4) is 0 Å². The van der Waals surface area contributed by atoms with Crippen LogP contribution in [-0.4, -0.2) is 14.5 Å². The van der Waals surface area contributed by atoms with E-state index in [1.807, 2.05) is 19.1 Å². The van der Waals surface area contributed by atoms with Gasteiger partial charge in [-0.15, -0.1) is 11.6 Å².